The van der Waals surface area contributed by atoms with Crippen LogP contribution in [0.1, 0.15) is 6.42 Å². The molecule has 2 nitrogen and oxygen atoms in total. The normalized spacial score (nSPS) is 7.88. The lowest BCUT2D eigenvalue weighted by Gasteiger charge is -1.91. The van der Waals surface area contributed by atoms with Crippen LogP contribution in [0.4, 0.5) is 0 Å². The second-order valence-corrected chi connectivity index (χ2v) is 1.34. The topological polar surface area (TPSA) is 29.1 Å². The molecule has 0 saturated carbocycles. The Kier molecular flexibility index (Phi) is 5.56. The number of terminal acetylenes is 1. The van der Waals surface area contributed by atoms with Crippen LogP contribution in [-0.2, 0) is 4.79 Å². The predicted molar refractivity (Wildman–Crippen MR) is 32.4 cm³/mol. The Balaban J connectivity index is 2.74. The molecule has 2 heteroatoms. The summed E-state index contributed by atoms with van der Waals surface area (Å²) in [6.45, 7) is 1.24. The maximum atomic E-state index is 9.68. The average molecular weight is 111 g/mol. The van der Waals surface area contributed by atoms with Crippen LogP contribution in [0, 0.1) is 12.3 Å². The summed E-state index contributed by atoms with van der Waals surface area (Å²) in [5.74, 6) is 2.40. The molecular weight excluding hydrogens is 102 g/mol. The van der Waals surface area contributed by atoms with Gasteiger partial charge in [0.2, 0.25) is 0 Å². The number of nitrogens with one attached hydrogen (secondary N) is 1. The predicted octanol–water partition coefficient (Wildman–Crippen LogP) is -0.202. The van der Waals surface area contributed by atoms with Gasteiger partial charge in [0.05, 0.1) is 6.54 Å². The molecule has 0 bridgehead atoms. The Morgan fingerprint density at radius 2 is 2.50 bits per heavy atom. The van der Waals surface area contributed by atoms with Crippen molar-refractivity contribution < 1.29 is 4.79 Å². The van der Waals surface area contributed by atoms with E-state index in [4.69, 9.17) is 6.42 Å². The van der Waals surface area contributed by atoms with E-state index in [0.717, 1.165) is 6.29 Å². The molecule has 0 aromatic carbocycles. The lowest BCUT2D eigenvalue weighted by Crippen LogP contribution is -2.15. The molecule has 0 radical (unpaired) electrons. The van der Waals surface area contributed by atoms with Crippen LogP contribution < -0.4 is 5.32 Å². The molecule has 0 atom stereocenters. The van der Waals surface area contributed by atoms with Crippen LogP contribution in [-0.4, -0.2) is 19.4 Å². The largest absolute Gasteiger partial charge is 0.306 e. The van der Waals surface area contributed by atoms with Crippen molar-refractivity contribution in [3.8, 4) is 12.3 Å². The highest BCUT2D eigenvalue weighted by molar-refractivity contribution is 5.49. The zero-order valence-corrected chi connectivity index (χ0v) is 4.68. The Morgan fingerprint density at radius 1 is 1.75 bits per heavy atom. The van der Waals surface area contributed by atoms with E-state index in [1.165, 1.54) is 0 Å². The average Bonchev–Trinajstić information content (AvgIpc) is 1.81. The summed E-state index contributed by atoms with van der Waals surface area (Å²) in [7, 11) is 0. The molecular formula is C6H9NO. The quantitative estimate of drug-likeness (QED) is 0.309. The van der Waals surface area contributed by atoms with Crippen molar-refractivity contribution in [1.82, 2.24) is 5.32 Å². The van der Waals surface area contributed by atoms with Gasteiger partial charge in [-0.1, -0.05) is 5.92 Å². The highest BCUT2D eigenvalue weighted by Crippen LogP contribution is 1.63. The van der Waals surface area contributed by atoms with E-state index in [-0.39, 0.29) is 0 Å². The molecule has 44 valence electrons. The maximum absolute atomic E-state index is 9.68. The highest BCUT2D eigenvalue weighted by atomic mass is 16.1. The van der Waals surface area contributed by atoms with E-state index in [1.54, 1.807) is 0 Å². The van der Waals surface area contributed by atoms with Gasteiger partial charge in [-0.15, -0.1) is 6.42 Å². The van der Waals surface area contributed by atoms with Gasteiger partial charge >= 0.3 is 0 Å². The third-order valence-corrected chi connectivity index (χ3v) is 0.666. The lowest BCUT2D eigenvalue weighted by molar-refractivity contribution is -0.107. The van der Waals surface area contributed by atoms with Crippen LogP contribution in [0.3, 0.4) is 0 Å². The van der Waals surface area contributed by atoms with Gasteiger partial charge in [-0.05, 0) is 0 Å². The Hall–Kier alpha value is -0.810. The lowest BCUT2D eigenvalue weighted by atomic mass is 10.5. The van der Waals surface area contributed by atoms with E-state index in [0.29, 0.717) is 19.5 Å². The number of carbonyl (C=O) groups is 1. The van der Waals surface area contributed by atoms with Gasteiger partial charge < -0.3 is 10.1 Å². The molecule has 0 unspecified atom stereocenters. The molecule has 0 rings (SSSR count). The smallest absolute Gasteiger partial charge is 0.121 e. The van der Waals surface area contributed by atoms with Gasteiger partial charge in [0.15, 0.2) is 0 Å². The van der Waals surface area contributed by atoms with Crippen LogP contribution in [0.2, 0.25) is 0 Å². The first-order valence-electron chi connectivity index (χ1n) is 2.49. The number of rotatable bonds is 4. The number of hydrogen-bond acceptors (Lipinski definition) is 2. The van der Waals surface area contributed by atoms with Crippen molar-refractivity contribution >= 4 is 6.29 Å². The van der Waals surface area contributed by atoms with Crippen molar-refractivity contribution in [1.29, 1.82) is 0 Å². The Labute approximate surface area is 49.3 Å². The van der Waals surface area contributed by atoms with E-state index in [2.05, 4.69) is 11.2 Å². The molecule has 0 heterocycles. The Morgan fingerprint density at radius 3 is 3.00 bits per heavy atom. The molecule has 0 fully saturated rings. The molecule has 0 aromatic rings. The monoisotopic (exact) mass is 111 g/mol. The summed E-state index contributed by atoms with van der Waals surface area (Å²) >= 11 is 0. The van der Waals surface area contributed by atoms with E-state index < -0.39 is 0 Å². The van der Waals surface area contributed by atoms with Gasteiger partial charge in [0.25, 0.3) is 0 Å². The standard InChI is InChI=1S/C6H9NO/c1-2-4-7-5-3-6-8/h1,6-7H,3-5H2. The molecule has 0 aliphatic heterocycles. The fourth-order valence-corrected chi connectivity index (χ4v) is 0.322. The molecule has 1 N–H and O–H groups in total. The van der Waals surface area contributed by atoms with Crippen molar-refractivity contribution in [2.45, 2.75) is 6.42 Å². The first kappa shape index (κ1) is 7.19. The third-order valence-electron chi connectivity index (χ3n) is 0.666. The van der Waals surface area contributed by atoms with Gasteiger partial charge in [-0.3, -0.25) is 0 Å². The fraction of sp³-hybridized carbons (Fsp3) is 0.500. The second-order valence-electron chi connectivity index (χ2n) is 1.34. The third kappa shape index (κ3) is 5.19. The molecule has 0 saturated heterocycles. The first-order valence-corrected chi connectivity index (χ1v) is 2.49. The van der Waals surface area contributed by atoms with Crippen LogP contribution in [0.5, 0.6) is 0 Å². The summed E-state index contributed by atoms with van der Waals surface area (Å²) in [6, 6.07) is 0. The zero-order valence-electron chi connectivity index (χ0n) is 4.68. The SMILES string of the molecule is C#CCNCCC=O. The van der Waals surface area contributed by atoms with Gasteiger partial charge in [-0.25, -0.2) is 0 Å². The number of carbonyl (C=O) groups excluding carboxylic acids is 1. The van der Waals surface area contributed by atoms with Gasteiger partial charge in [0, 0.05) is 13.0 Å². The molecule has 0 aliphatic rings. The highest BCUT2D eigenvalue weighted by Gasteiger charge is 1.78. The zero-order chi connectivity index (χ0) is 6.24. The van der Waals surface area contributed by atoms with Crippen LogP contribution in [0.15, 0.2) is 0 Å². The summed E-state index contributed by atoms with van der Waals surface area (Å²) in [6.07, 6.45) is 6.32. The van der Waals surface area contributed by atoms with Gasteiger partial charge in [-0.2, -0.15) is 0 Å². The van der Waals surface area contributed by atoms with Gasteiger partial charge in [0.1, 0.15) is 6.29 Å². The van der Waals surface area contributed by atoms with Crippen LogP contribution >= 0.6 is 0 Å². The maximum Gasteiger partial charge on any atom is 0.121 e. The fourth-order valence-electron chi connectivity index (χ4n) is 0.322. The molecule has 0 aliphatic carbocycles. The molecule has 0 amide bonds. The summed E-state index contributed by atoms with van der Waals surface area (Å²) in [5.41, 5.74) is 0. The van der Waals surface area contributed by atoms with Crippen molar-refractivity contribution in [2.24, 2.45) is 0 Å². The summed E-state index contributed by atoms with van der Waals surface area (Å²) < 4.78 is 0. The van der Waals surface area contributed by atoms with E-state index in [9.17, 15) is 4.79 Å². The van der Waals surface area contributed by atoms with E-state index in [1.807, 2.05) is 0 Å². The number of hydrogen-bond donors (Lipinski definition) is 1. The van der Waals surface area contributed by atoms with Crippen molar-refractivity contribution in [3.05, 3.63) is 0 Å². The van der Waals surface area contributed by atoms with Crippen molar-refractivity contribution in [2.75, 3.05) is 13.1 Å². The summed E-state index contributed by atoms with van der Waals surface area (Å²) in [5, 5.41) is 2.87. The van der Waals surface area contributed by atoms with E-state index >= 15 is 0 Å². The molecule has 8 heavy (non-hydrogen) atoms. The number of aldehydes is 1. The summed E-state index contributed by atoms with van der Waals surface area (Å²) in [4.78, 5) is 9.68. The molecule has 0 aromatic heterocycles. The van der Waals surface area contributed by atoms with Crippen LogP contribution in [0.25, 0.3) is 0 Å². The second kappa shape index (κ2) is 6.19. The van der Waals surface area contributed by atoms with Crippen molar-refractivity contribution in [3.63, 3.8) is 0 Å². The first-order chi connectivity index (χ1) is 3.91. The molecule has 0 spiro atoms. The minimum Gasteiger partial charge on any atom is -0.306 e. The minimum atomic E-state index is 0.543. The Bertz CT molecular complexity index is 93.2. The minimum absolute atomic E-state index is 0.543.